The van der Waals surface area contributed by atoms with Crippen LogP contribution >= 0.6 is 0 Å². The van der Waals surface area contributed by atoms with Crippen molar-refractivity contribution >= 4 is 0 Å². The molecule has 0 aromatic heterocycles. The van der Waals surface area contributed by atoms with Gasteiger partial charge >= 0.3 is 0 Å². The summed E-state index contributed by atoms with van der Waals surface area (Å²) in [6, 6.07) is 0.691. The van der Waals surface area contributed by atoms with Crippen LogP contribution in [0.5, 0.6) is 0 Å². The van der Waals surface area contributed by atoms with Gasteiger partial charge in [-0.3, -0.25) is 0 Å². The third-order valence-electron chi connectivity index (χ3n) is 4.72. The minimum atomic E-state index is -0.0381. The van der Waals surface area contributed by atoms with Crippen molar-refractivity contribution in [2.45, 2.75) is 64.5 Å². The summed E-state index contributed by atoms with van der Waals surface area (Å²) in [5.41, 5.74) is 0. The smallest absolute Gasteiger partial charge is 0.0580 e. The number of aliphatic hydroxyl groups excluding tert-OH is 1. The molecule has 0 heterocycles. The molecule has 0 spiro atoms. The molecule has 0 bridgehead atoms. The fraction of sp³-hybridized carbons (Fsp3) is 1.00. The molecule has 2 rings (SSSR count). The fourth-order valence-electron chi connectivity index (χ4n) is 3.37. The summed E-state index contributed by atoms with van der Waals surface area (Å²) in [6.45, 7) is 5.77. The molecule has 0 aromatic rings. The Kier molecular flexibility index (Phi) is 4.26. The Morgan fingerprint density at radius 1 is 1.12 bits per heavy atom. The molecule has 0 aromatic carbocycles. The van der Waals surface area contributed by atoms with Crippen LogP contribution in [0.25, 0.3) is 0 Å². The monoisotopic (exact) mass is 225 g/mol. The lowest BCUT2D eigenvalue weighted by molar-refractivity contribution is 0.123. The van der Waals surface area contributed by atoms with E-state index in [4.69, 9.17) is 0 Å². The zero-order valence-electron chi connectivity index (χ0n) is 10.8. The number of hydrogen-bond donors (Lipinski definition) is 2. The number of aliphatic hydroxyl groups is 1. The molecule has 2 saturated carbocycles. The second kappa shape index (κ2) is 5.50. The van der Waals surface area contributed by atoms with Crippen LogP contribution in [0.3, 0.4) is 0 Å². The largest absolute Gasteiger partial charge is 0.393 e. The third-order valence-corrected chi connectivity index (χ3v) is 4.72. The Morgan fingerprint density at radius 3 is 2.62 bits per heavy atom. The van der Waals surface area contributed by atoms with Crippen molar-refractivity contribution in [1.29, 1.82) is 0 Å². The Labute approximate surface area is 99.8 Å². The quantitative estimate of drug-likeness (QED) is 0.773. The summed E-state index contributed by atoms with van der Waals surface area (Å²) >= 11 is 0. The SMILES string of the molecule is CC1CCC(C)C(NCC2CCCC2O)C1. The van der Waals surface area contributed by atoms with Gasteiger partial charge in [-0.2, -0.15) is 0 Å². The van der Waals surface area contributed by atoms with Crippen molar-refractivity contribution in [3.63, 3.8) is 0 Å². The van der Waals surface area contributed by atoms with E-state index >= 15 is 0 Å². The zero-order valence-corrected chi connectivity index (χ0v) is 10.8. The summed E-state index contributed by atoms with van der Waals surface area (Å²) < 4.78 is 0. The van der Waals surface area contributed by atoms with Gasteiger partial charge < -0.3 is 10.4 Å². The second-order valence-electron chi connectivity index (χ2n) is 6.17. The average Bonchev–Trinajstić information content (AvgIpc) is 2.66. The van der Waals surface area contributed by atoms with E-state index in [1.807, 2.05) is 0 Å². The van der Waals surface area contributed by atoms with Crippen molar-refractivity contribution in [2.24, 2.45) is 17.8 Å². The van der Waals surface area contributed by atoms with E-state index in [0.717, 1.165) is 24.8 Å². The molecule has 2 aliphatic rings. The summed E-state index contributed by atoms with van der Waals surface area (Å²) in [5.74, 6) is 2.21. The highest BCUT2D eigenvalue weighted by molar-refractivity contribution is 4.84. The number of rotatable bonds is 3. The Hall–Kier alpha value is -0.0800. The Bertz CT molecular complexity index is 219. The maximum absolute atomic E-state index is 9.80. The van der Waals surface area contributed by atoms with Crippen molar-refractivity contribution in [2.75, 3.05) is 6.54 Å². The minimum Gasteiger partial charge on any atom is -0.393 e. The summed E-state index contributed by atoms with van der Waals surface area (Å²) in [4.78, 5) is 0. The standard InChI is InChI=1S/C14H27NO/c1-10-6-7-11(2)13(8-10)15-9-12-4-3-5-14(12)16/h10-16H,3-9H2,1-2H3. The van der Waals surface area contributed by atoms with Crippen LogP contribution in [0, 0.1) is 17.8 Å². The van der Waals surface area contributed by atoms with Gasteiger partial charge in [-0.1, -0.05) is 26.7 Å². The highest BCUT2D eigenvalue weighted by Crippen LogP contribution is 2.30. The van der Waals surface area contributed by atoms with Gasteiger partial charge in [0.1, 0.15) is 0 Å². The lowest BCUT2D eigenvalue weighted by Gasteiger charge is -2.34. The van der Waals surface area contributed by atoms with E-state index in [9.17, 15) is 5.11 Å². The average molecular weight is 225 g/mol. The fourth-order valence-corrected chi connectivity index (χ4v) is 3.37. The first-order chi connectivity index (χ1) is 7.66. The van der Waals surface area contributed by atoms with E-state index < -0.39 is 0 Å². The molecule has 2 heteroatoms. The molecule has 94 valence electrons. The van der Waals surface area contributed by atoms with Gasteiger partial charge in [0.25, 0.3) is 0 Å². The first-order valence-electron chi connectivity index (χ1n) is 7.08. The molecule has 0 radical (unpaired) electrons. The maximum Gasteiger partial charge on any atom is 0.0580 e. The van der Waals surface area contributed by atoms with Crippen molar-refractivity contribution in [3.8, 4) is 0 Å². The molecule has 5 unspecified atom stereocenters. The Balaban J connectivity index is 1.75. The molecule has 0 amide bonds. The van der Waals surface area contributed by atoms with E-state index in [0.29, 0.717) is 12.0 Å². The van der Waals surface area contributed by atoms with E-state index in [1.54, 1.807) is 0 Å². The van der Waals surface area contributed by atoms with Gasteiger partial charge in [0.05, 0.1) is 6.10 Å². The molecule has 2 fully saturated rings. The maximum atomic E-state index is 9.80. The minimum absolute atomic E-state index is 0.0381. The van der Waals surface area contributed by atoms with Gasteiger partial charge in [-0.15, -0.1) is 0 Å². The molecule has 2 nitrogen and oxygen atoms in total. The molecular weight excluding hydrogens is 198 g/mol. The molecule has 2 N–H and O–H groups in total. The van der Waals surface area contributed by atoms with E-state index in [-0.39, 0.29) is 6.10 Å². The van der Waals surface area contributed by atoms with E-state index in [1.165, 1.54) is 32.1 Å². The van der Waals surface area contributed by atoms with Crippen LogP contribution in [-0.2, 0) is 0 Å². The van der Waals surface area contributed by atoms with Crippen LogP contribution < -0.4 is 5.32 Å². The van der Waals surface area contributed by atoms with Crippen molar-refractivity contribution in [1.82, 2.24) is 5.32 Å². The zero-order chi connectivity index (χ0) is 11.5. The molecule has 0 saturated heterocycles. The second-order valence-corrected chi connectivity index (χ2v) is 6.17. The van der Waals surface area contributed by atoms with E-state index in [2.05, 4.69) is 19.2 Å². The first kappa shape index (κ1) is 12.4. The van der Waals surface area contributed by atoms with Crippen LogP contribution in [-0.4, -0.2) is 23.8 Å². The normalized spacial score (nSPS) is 44.8. The molecular formula is C14H27NO. The number of nitrogens with one attached hydrogen (secondary N) is 1. The van der Waals surface area contributed by atoms with Gasteiger partial charge in [0.15, 0.2) is 0 Å². The molecule has 2 aliphatic carbocycles. The first-order valence-corrected chi connectivity index (χ1v) is 7.08. The van der Waals surface area contributed by atoms with Crippen LogP contribution in [0.4, 0.5) is 0 Å². The predicted octanol–water partition coefficient (Wildman–Crippen LogP) is 2.56. The summed E-state index contributed by atoms with van der Waals surface area (Å²) in [5, 5.41) is 13.5. The number of hydrogen-bond acceptors (Lipinski definition) is 2. The van der Waals surface area contributed by atoms with Crippen LogP contribution in [0.2, 0.25) is 0 Å². The topological polar surface area (TPSA) is 32.3 Å². The lowest BCUT2D eigenvalue weighted by atomic mass is 9.80. The summed E-state index contributed by atoms with van der Waals surface area (Å²) in [7, 11) is 0. The molecule has 16 heavy (non-hydrogen) atoms. The van der Waals surface area contributed by atoms with Crippen LogP contribution in [0.15, 0.2) is 0 Å². The highest BCUT2D eigenvalue weighted by Gasteiger charge is 2.29. The molecule has 5 atom stereocenters. The highest BCUT2D eigenvalue weighted by atomic mass is 16.3. The summed E-state index contributed by atoms with van der Waals surface area (Å²) in [6.07, 6.45) is 7.49. The van der Waals surface area contributed by atoms with Crippen molar-refractivity contribution in [3.05, 3.63) is 0 Å². The van der Waals surface area contributed by atoms with Gasteiger partial charge in [0.2, 0.25) is 0 Å². The van der Waals surface area contributed by atoms with Gasteiger partial charge in [0, 0.05) is 12.6 Å². The van der Waals surface area contributed by atoms with Gasteiger partial charge in [-0.25, -0.2) is 0 Å². The van der Waals surface area contributed by atoms with Gasteiger partial charge in [-0.05, 0) is 43.4 Å². The third kappa shape index (κ3) is 2.98. The van der Waals surface area contributed by atoms with Crippen molar-refractivity contribution < 1.29 is 5.11 Å². The Morgan fingerprint density at radius 2 is 1.94 bits per heavy atom. The van der Waals surface area contributed by atoms with Crippen LogP contribution in [0.1, 0.15) is 52.4 Å². The lowest BCUT2D eigenvalue weighted by Crippen LogP contribution is -2.42. The predicted molar refractivity (Wildman–Crippen MR) is 67.3 cm³/mol. The molecule has 0 aliphatic heterocycles.